The minimum atomic E-state index is -0.0792. The molecule has 0 unspecified atom stereocenters. The number of rotatable bonds is 4. The lowest BCUT2D eigenvalue weighted by Crippen LogP contribution is -2.25. The fourth-order valence-electron chi connectivity index (χ4n) is 2.76. The molecule has 0 amide bonds. The highest BCUT2D eigenvalue weighted by Crippen LogP contribution is 2.37. The molecule has 0 radical (unpaired) electrons. The summed E-state index contributed by atoms with van der Waals surface area (Å²) >= 11 is 3.46. The highest BCUT2D eigenvalue weighted by molar-refractivity contribution is 9.10. The van der Waals surface area contributed by atoms with Gasteiger partial charge in [-0.05, 0) is 37.1 Å². The molecule has 0 aliphatic carbocycles. The molecule has 2 nitrogen and oxygen atoms in total. The molecule has 0 aromatic heterocycles. The first-order chi connectivity index (χ1) is 10.0. The minimum Gasteiger partial charge on any atom is -0.487 e. The second-order valence-electron chi connectivity index (χ2n) is 6.17. The number of hydrogen-bond acceptors (Lipinski definition) is 2. The van der Waals surface area contributed by atoms with E-state index in [4.69, 9.17) is 4.74 Å². The monoisotopic (exact) mass is 345 g/mol. The normalized spacial score (nSPS) is 15.6. The van der Waals surface area contributed by atoms with Crippen molar-refractivity contribution in [2.24, 2.45) is 0 Å². The van der Waals surface area contributed by atoms with Crippen LogP contribution in [0, 0.1) is 0 Å². The lowest BCUT2D eigenvalue weighted by molar-refractivity contribution is 0.137. The summed E-state index contributed by atoms with van der Waals surface area (Å²) in [5.41, 5.74) is 3.77. The van der Waals surface area contributed by atoms with Crippen molar-refractivity contribution in [1.82, 2.24) is 5.32 Å². The summed E-state index contributed by atoms with van der Waals surface area (Å²) in [4.78, 5) is 0. The number of para-hydroxylation sites is 1. The summed E-state index contributed by atoms with van der Waals surface area (Å²) in [5.74, 6) is 1.07. The Morgan fingerprint density at radius 2 is 1.86 bits per heavy atom. The van der Waals surface area contributed by atoms with Crippen LogP contribution >= 0.6 is 15.9 Å². The molecule has 0 spiro atoms. The van der Waals surface area contributed by atoms with Gasteiger partial charge in [0.25, 0.3) is 0 Å². The van der Waals surface area contributed by atoms with E-state index in [0.717, 1.165) is 29.7 Å². The lowest BCUT2D eigenvalue weighted by Gasteiger charge is -2.18. The van der Waals surface area contributed by atoms with E-state index in [1.54, 1.807) is 0 Å². The van der Waals surface area contributed by atoms with Gasteiger partial charge in [0, 0.05) is 29.5 Å². The summed E-state index contributed by atoms with van der Waals surface area (Å²) in [5, 5.41) is 3.50. The predicted molar refractivity (Wildman–Crippen MR) is 89.5 cm³/mol. The van der Waals surface area contributed by atoms with Gasteiger partial charge < -0.3 is 10.1 Å². The average molecular weight is 346 g/mol. The van der Waals surface area contributed by atoms with Gasteiger partial charge in [0.05, 0.1) is 0 Å². The van der Waals surface area contributed by atoms with Crippen molar-refractivity contribution in [3.8, 4) is 5.75 Å². The van der Waals surface area contributed by atoms with Gasteiger partial charge in [-0.2, -0.15) is 0 Å². The van der Waals surface area contributed by atoms with Crippen LogP contribution in [0.4, 0.5) is 0 Å². The molecule has 0 fully saturated rings. The van der Waals surface area contributed by atoms with E-state index in [0.29, 0.717) is 0 Å². The summed E-state index contributed by atoms with van der Waals surface area (Å²) < 4.78 is 7.21. The van der Waals surface area contributed by atoms with Gasteiger partial charge in [-0.3, -0.25) is 0 Å². The largest absolute Gasteiger partial charge is 0.487 e. The number of hydrogen-bond donors (Lipinski definition) is 1. The number of fused-ring (bicyclic) bond motifs is 1. The van der Waals surface area contributed by atoms with Crippen LogP contribution < -0.4 is 10.1 Å². The third-order valence-electron chi connectivity index (χ3n) is 3.73. The molecule has 2 aromatic carbocycles. The molecule has 0 atom stereocenters. The number of nitrogens with one attached hydrogen (secondary N) is 1. The summed E-state index contributed by atoms with van der Waals surface area (Å²) in [7, 11) is 0. The SMILES string of the molecule is CC1(C)Cc2cccc(CNCc3ccc(Br)cc3)c2O1. The minimum absolute atomic E-state index is 0.0792. The van der Waals surface area contributed by atoms with E-state index in [1.165, 1.54) is 16.7 Å². The first kappa shape index (κ1) is 14.6. The maximum atomic E-state index is 6.10. The Hall–Kier alpha value is -1.32. The van der Waals surface area contributed by atoms with Crippen molar-refractivity contribution in [2.45, 2.75) is 39.0 Å². The van der Waals surface area contributed by atoms with E-state index in [-0.39, 0.29) is 5.60 Å². The Kier molecular flexibility index (Phi) is 4.05. The van der Waals surface area contributed by atoms with Gasteiger partial charge in [0.1, 0.15) is 11.4 Å². The van der Waals surface area contributed by atoms with Crippen LogP contribution in [0.2, 0.25) is 0 Å². The number of ether oxygens (including phenoxy) is 1. The zero-order valence-electron chi connectivity index (χ0n) is 12.4. The zero-order chi connectivity index (χ0) is 14.9. The summed E-state index contributed by atoms with van der Waals surface area (Å²) in [6.45, 7) is 5.98. The molecule has 3 rings (SSSR count). The van der Waals surface area contributed by atoms with Crippen LogP contribution in [0.3, 0.4) is 0 Å². The Morgan fingerprint density at radius 1 is 1.10 bits per heavy atom. The summed E-state index contributed by atoms with van der Waals surface area (Å²) in [6.07, 6.45) is 0.989. The molecule has 2 aromatic rings. The van der Waals surface area contributed by atoms with E-state index < -0.39 is 0 Å². The zero-order valence-corrected chi connectivity index (χ0v) is 14.0. The predicted octanol–water partition coefficient (Wildman–Crippen LogP) is 4.45. The highest BCUT2D eigenvalue weighted by Gasteiger charge is 2.31. The third-order valence-corrected chi connectivity index (χ3v) is 4.26. The van der Waals surface area contributed by atoms with Gasteiger partial charge in [0.2, 0.25) is 0 Å². The fourth-order valence-corrected chi connectivity index (χ4v) is 3.03. The van der Waals surface area contributed by atoms with Gasteiger partial charge in [-0.1, -0.05) is 46.3 Å². The van der Waals surface area contributed by atoms with Crippen LogP contribution in [0.25, 0.3) is 0 Å². The Bertz CT molecular complexity index is 634. The molecular weight excluding hydrogens is 326 g/mol. The van der Waals surface area contributed by atoms with Gasteiger partial charge >= 0.3 is 0 Å². The van der Waals surface area contributed by atoms with Crippen molar-refractivity contribution in [1.29, 1.82) is 0 Å². The van der Waals surface area contributed by atoms with Crippen LogP contribution in [0.15, 0.2) is 46.9 Å². The van der Waals surface area contributed by atoms with Gasteiger partial charge in [-0.15, -0.1) is 0 Å². The topological polar surface area (TPSA) is 21.3 Å². The van der Waals surface area contributed by atoms with Crippen molar-refractivity contribution < 1.29 is 4.74 Å². The highest BCUT2D eigenvalue weighted by atomic mass is 79.9. The van der Waals surface area contributed by atoms with E-state index in [1.807, 2.05) is 0 Å². The van der Waals surface area contributed by atoms with Crippen molar-refractivity contribution in [3.63, 3.8) is 0 Å². The third kappa shape index (κ3) is 3.47. The first-order valence-corrected chi connectivity index (χ1v) is 8.08. The second kappa shape index (κ2) is 5.82. The second-order valence-corrected chi connectivity index (χ2v) is 7.09. The van der Waals surface area contributed by atoms with Gasteiger partial charge in [-0.25, -0.2) is 0 Å². The molecule has 21 heavy (non-hydrogen) atoms. The fraction of sp³-hybridized carbons (Fsp3) is 0.333. The molecule has 1 aliphatic heterocycles. The first-order valence-electron chi connectivity index (χ1n) is 7.28. The Labute approximate surface area is 134 Å². The molecule has 110 valence electrons. The maximum absolute atomic E-state index is 6.10. The van der Waals surface area contributed by atoms with Crippen LogP contribution in [-0.2, 0) is 19.5 Å². The molecule has 0 saturated heterocycles. The molecule has 0 saturated carbocycles. The van der Waals surface area contributed by atoms with Crippen molar-refractivity contribution >= 4 is 15.9 Å². The molecule has 1 heterocycles. The molecular formula is C18H20BrNO. The van der Waals surface area contributed by atoms with E-state index in [2.05, 4.69) is 77.6 Å². The number of halogens is 1. The average Bonchev–Trinajstić information content (AvgIpc) is 2.76. The lowest BCUT2D eigenvalue weighted by atomic mass is 10.0. The molecule has 1 aliphatic rings. The van der Waals surface area contributed by atoms with E-state index in [9.17, 15) is 0 Å². The van der Waals surface area contributed by atoms with Crippen LogP contribution in [-0.4, -0.2) is 5.60 Å². The smallest absolute Gasteiger partial charge is 0.127 e. The Morgan fingerprint density at radius 3 is 2.62 bits per heavy atom. The maximum Gasteiger partial charge on any atom is 0.127 e. The van der Waals surface area contributed by atoms with Gasteiger partial charge in [0.15, 0.2) is 0 Å². The van der Waals surface area contributed by atoms with Crippen molar-refractivity contribution in [2.75, 3.05) is 0 Å². The number of benzene rings is 2. The van der Waals surface area contributed by atoms with E-state index >= 15 is 0 Å². The van der Waals surface area contributed by atoms with Crippen LogP contribution in [0.5, 0.6) is 5.75 Å². The van der Waals surface area contributed by atoms with Crippen LogP contribution in [0.1, 0.15) is 30.5 Å². The summed E-state index contributed by atoms with van der Waals surface area (Å²) in [6, 6.07) is 14.8. The quantitative estimate of drug-likeness (QED) is 0.883. The molecule has 0 bridgehead atoms. The standard InChI is InChI=1S/C18H20BrNO/c1-18(2)10-14-4-3-5-15(17(14)21-18)12-20-11-13-6-8-16(19)9-7-13/h3-9,20H,10-12H2,1-2H3. The van der Waals surface area contributed by atoms with Crippen molar-refractivity contribution in [3.05, 3.63) is 63.6 Å². The Balaban J connectivity index is 1.64. The molecule has 3 heteroatoms. The molecule has 1 N–H and O–H groups in total.